The Morgan fingerprint density at radius 3 is 2.47 bits per heavy atom. The van der Waals surface area contributed by atoms with E-state index in [1.165, 1.54) is 12.2 Å². The lowest BCUT2D eigenvalue weighted by atomic mass is 9.44. The highest BCUT2D eigenvalue weighted by molar-refractivity contribution is 6.01. The molecule has 0 aliphatic heterocycles. The standard InChI is InChI=1S/C38H45F2NO6/c1-5-46-34(24-11-9-23(10-12-24)22(2)25-7-6-8-26(41)17-25)47-37(33(45)21-42)16-14-28-29-19-31(39)30-18-27(43)13-15-35(30,3)38(29,40)32(44)20-36(28,37)4/h6-13,15,17-18,22,28-29,31-32,34,42,44H,5,14,16,19-21,41H2,1-4H3/t22-,28-,29-,31-,32-,34+,35-,36-,37-,38-/m0/s1. The first kappa shape index (κ1) is 33.7. The van der Waals surface area contributed by atoms with Gasteiger partial charge in [0.15, 0.2) is 23.5 Å². The Bertz CT molecular complexity index is 1610. The number of hydrogen-bond donors (Lipinski definition) is 3. The highest BCUT2D eigenvalue weighted by Crippen LogP contribution is 2.71. The lowest BCUT2D eigenvalue weighted by Gasteiger charge is -2.63. The largest absolute Gasteiger partial charge is 0.399 e. The quantitative estimate of drug-likeness (QED) is 0.222. The Balaban J connectivity index is 1.35. The van der Waals surface area contributed by atoms with Crippen LogP contribution in [0.3, 0.4) is 0 Å². The first-order chi connectivity index (χ1) is 22.3. The molecule has 0 unspecified atom stereocenters. The van der Waals surface area contributed by atoms with Crippen LogP contribution in [0.25, 0.3) is 0 Å². The molecule has 0 radical (unpaired) electrons. The number of anilines is 1. The second kappa shape index (κ2) is 12.0. The number of aliphatic hydroxyl groups is 2. The summed E-state index contributed by atoms with van der Waals surface area (Å²) >= 11 is 0. The fraction of sp³-hybridized carbons (Fsp3) is 0.526. The Kier molecular flexibility index (Phi) is 8.61. The van der Waals surface area contributed by atoms with Crippen molar-refractivity contribution in [1.29, 1.82) is 0 Å². The minimum absolute atomic E-state index is 0.0447. The minimum Gasteiger partial charge on any atom is -0.399 e. The van der Waals surface area contributed by atoms with Crippen LogP contribution in [0.4, 0.5) is 14.5 Å². The summed E-state index contributed by atoms with van der Waals surface area (Å²) in [5.74, 6) is -2.46. The number of nitrogen functional groups attached to an aromatic ring is 1. The van der Waals surface area contributed by atoms with Crippen LogP contribution in [0, 0.1) is 22.7 Å². The molecular weight excluding hydrogens is 604 g/mol. The van der Waals surface area contributed by atoms with Crippen molar-refractivity contribution < 1.29 is 38.1 Å². The summed E-state index contributed by atoms with van der Waals surface area (Å²) in [6, 6.07) is 15.4. The van der Waals surface area contributed by atoms with E-state index in [-0.39, 0.29) is 37.4 Å². The van der Waals surface area contributed by atoms with Gasteiger partial charge >= 0.3 is 0 Å². The third-order valence-corrected chi connectivity index (χ3v) is 12.1. The number of halogens is 2. The molecule has 9 heteroatoms. The van der Waals surface area contributed by atoms with Gasteiger partial charge in [0.25, 0.3) is 0 Å². The maximum Gasteiger partial charge on any atom is 0.190 e. The molecule has 47 heavy (non-hydrogen) atoms. The summed E-state index contributed by atoms with van der Waals surface area (Å²) in [5, 5.41) is 22.0. The molecule has 0 aromatic heterocycles. The van der Waals surface area contributed by atoms with Crippen LogP contribution in [0.15, 0.2) is 72.3 Å². The molecule has 4 aliphatic carbocycles. The van der Waals surface area contributed by atoms with Crippen molar-refractivity contribution in [1.82, 2.24) is 0 Å². The Hall–Kier alpha value is -3.24. The number of ketones is 2. The molecule has 7 nitrogen and oxygen atoms in total. The number of aliphatic hydroxyl groups excluding tert-OH is 2. The van der Waals surface area contributed by atoms with Crippen LogP contribution in [-0.4, -0.2) is 58.5 Å². The van der Waals surface area contributed by atoms with Crippen molar-refractivity contribution in [2.45, 2.75) is 89.1 Å². The predicted molar refractivity (Wildman–Crippen MR) is 174 cm³/mol. The summed E-state index contributed by atoms with van der Waals surface area (Å²) in [5.41, 5.74) is 2.89. The lowest BCUT2D eigenvalue weighted by molar-refractivity contribution is -0.268. The minimum atomic E-state index is -2.28. The van der Waals surface area contributed by atoms with Crippen LogP contribution < -0.4 is 5.73 Å². The van der Waals surface area contributed by atoms with E-state index in [1.54, 1.807) is 13.8 Å². The first-order valence-electron chi connectivity index (χ1n) is 16.6. The monoisotopic (exact) mass is 649 g/mol. The zero-order chi connectivity index (χ0) is 33.9. The van der Waals surface area contributed by atoms with E-state index in [9.17, 15) is 19.8 Å². The molecule has 6 rings (SSSR count). The van der Waals surface area contributed by atoms with E-state index in [1.807, 2.05) is 55.5 Å². The van der Waals surface area contributed by atoms with Crippen molar-refractivity contribution in [2.24, 2.45) is 22.7 Å². The van der Waals surface area contributed by atoms with Gasteiger partial charge in [0.2, 0.25) is 0 Å². The van der Waals surface area contributed by atoms with E-state index in [4.69, 9.17) is 15.2 Å². The van der Waals surface area contributed by atoms with E-state index in [0.29, 0.717) is 17.7 Å². The highest BCUT2D eigenvalue weighted by atomic mass is 19.1. The summed E-state index contributed by atoms with van der Waals surface area (Å²) in [7, 11) is 0. The summed E-state index contributed by atoms with van der Waals surface area (Å²) in [4.78, 5) is 26.1. The molecule has 10 atom stereocenters. The number of allylic oxidation sites excluding steroid dienone is 4. The molecular formula is C38H45F2NO6. The van der Waals surface area contributed by atoms with E-state index < -0.39 is 70.7 Å². The smallest absolute Gasteiger partial charge is 0.190 e. The van der Waals surface area contributed by atoms with Gasteiger partial charge in [-0.05, 0) is 86.4 Å². The fourth-order valence-corrected chi connectivity index (χ4v) is 9.53. The third kappa shape index (κ3) is 4.95. The predicted octanol–water partition coefficient (Wildman–Crippen LogP) is 6.09. The van der Waals surface area contributed by atoms with Gasteiger partial charge in [-0.15, -0.1) is 0 Å². The number of Topliss-reactive ketones (excluding diaryl/α,β-unsaturated/α-hetero) is 1. The molecule has 3 saturated carbocycles. The molecule has 252 valence electrons. The zero-order valence-electron chi connectivity index (χ0n) is 27.4. The number of ether oxygens (including phenoxy) is 2. The second-order valence-corrected chi connectivity index (χ2v) is 14.3. The first-order valence-corrected chi connectivity index (χ1v) is 16.6. The normalized spacial score (nSPS) is 37.4. The van der Waals surface area contributed by atoms with Crippen molar-refractivity contribution in [2.75, 3.05) is 18.9 Å². The van der Waals surface area contributed by atoms with Gasteiger partial charge in [0, 0.05) is 40.5 Å². The van der Waals surface area contributed by atoms with Gasteiger partial charge in [0.05, 0.1) is 6.10 Å². The Morgan fingerprint density at radius 1 is 1.11 bits per heavy atom. The van der Waals surface area contributed by atoms with Gasteiger partial charge in [-0.1, -0.05) is 56.3 Å². The highest BCUT2D eigenvalue weighted by Gasteiger charge is 2.76. The lowest BCUT2D eigenvalue weighted by Crippen LogP contribution is -2.70. The van der Waals surface area contributed by atoms with Gasteiger partial charge in [0.1, 0.15) is 18.4 Å². The SMILES string of the molecule is CCO[C@H](O[C@]1(C(=O)CO)CC[C@H]2[C@@H]3C[C@H](F)C4=CC(=O)C=C[C@]4(C)[C@@]3(F)[C@@H](O)C[C@@]21C)c1ccc([C@H](C)c2cccc(N)c2)cc1. The van der Waals surface area contributed by atoms with E-state index in [0.717, 1.165) is 17.2 Å². The van der Waals surface area contributed by atoms with Crippen LogP contribution in [0.5, 0.6) is 0 Å². The number of carbonyl (C=O) groups excluding carboxylic acids is 2. The molecule has 3 fully saturated rings. The molecule has 2 aromatic carbocycles. The average Bonchev–Trinajstić information content (AvgIpc) is 3.34. The van der Waals surface area contributed by atoms with Crippen molar-refractivity contribution in [3.05, 3.63) is 89.0 Å². The number of benzene rings is 2. The van der Waals surface area contributed by atoms with Crippen LogP contribution in [-0.2, 0) is 19.1 Å². The van der Waals surface area contributed by atoms with Crippen molar-refractivity contribution in [3.8, 4) is 0 Å². The summed E-state index contributed by atoms with van der Waals surface area (Å²) in [6.07, 6.45) is -0.317. The molecule has 4 aliphatic rings. The van der Waals surface area contributed by atoms with Crippen LogP contribution >= 0.6 is 0 Å². The molecule has 2 aromatic rings. The van der Waals surface area contributed by atoms with E-state index in [2.05, 4.69) is 6.92 Å². The van der Waals surface area contributed by atoms with Crippen LogP contribution in [0.1, 0.15) is 82.3 Å². The fourth-order valence-electron chi connectivity index (χ4n) is 9.53. The number of rotatable bonds is 9. The number of hydrogen-bond acceptors (Lipinski definition) is 7. The Morgan fingerprint density at radius 2 is 1.81 bits per heavy atom. The number of fused-ring (bicyclic) bond motifs is 5. The molecule has 4 N–H and O–H groups in total. The second-order valence-electron chi connectivity index (χ2n) is 14.3. The average molecular weight is 650 g/mol. The summed E-state index contributed by atoms with van der Waals surface area (Å²) < 4.78 is 46.4. The molecule has 0 saturated heterocycles. The molecule has 0 spiro atoms. The Labute approximate surface area is 274 Å². The maximum absolute atomic E-state index is 17.6. The topological polar surface area (TPSA) is 119 Å². The van der Waals surface area contributed by atoms with Gasteiger partial charge in [-0.25, -0.2) is 8.78 Å². The van der Waals surface area contributed by atoms with E-state index >= 15 is 8.78 Å². The number of nitrogens with two attached hydrogens (primary N) is 1. The van der Waals surface area contributed by atoms with Gasteiger partial charge < -0.3 is 25.4 Å². The maximum atomic E-state index is 17.6. The third-order valence-electron chi connectivity index (χ3n) is 12.1. The zero-order valence-corrected chi connectivity index (χ0v) is 27.4. The number of carbonyl (C=O) groups is 2. The number of alkyl halides is 2. The summed E-state index contributed by atoms with van der Waals surface area (Å²) in [6.45, 7) is 6.68. The van der Waals surface area contributed by atoms with Crippen LogP contribution in [0.2, 0.25) is 0 Å². The molecule has 0 heterocycles. The molecule has 0 amide bonds. The van der Waals surface area contributed by atoms with Gasteiger partial charge in [-0.2, -0.15) is 0 Å². The van der Waals surface area contributed by atoms with Crippen molar-refractivity contribution in [3.63, 3.8) is 0 Å². The molecule has 0 bridgehead atoms. The van der Waals surface area contributed by atoms with Gasteiger partial charge in [-0.3, -0.25) is 9.59 Å². The van der Waals surface area contributed by atoms with Crippen molar-refractivity contribution >= 4 is 17.3 Å².